The van der Waals surface area contributed by atoms with E-state index in [-0.39, 0.29) is 29.7 Å². The van der Waals surface area contributed by atoms with Crippen molar-refractivity contribution >= 4 is 22.7 Å². The number of aromatic nitrogens is 1. The van der Waals surface area contributed by atoms with E-state index in [4.69, 9.17) is 0 Å². The first-order chi connectivity index (χ1) is 15.7. The van der Waals surface area contributed by atoms with Crippen LogP contribution in [0, 0.1) is 12.7 Å². The third-order valence-corrected chi connectivity index (χ3v) is 7.28. The zero-order chi connectivity index (χ0) is 23.7. The lowest BCUT2D eigenvalue weighted by molar-refractivity contribution is -0.132. The second-order valence-electron chi connectivity index (χ2n) is 10.0. The van der Waals surface area contributed by atoms with Gasteiger partial charge in [0.1, 0.15) is 11.5 Å². The van der Waals surface area contributed by atoms with Gasteiger partial charge in [0.05, 0.1) is 12.1 Å². The number of benzene rings is 1. The number of carbonyl (C=O) groups is 2. The van der Waals surface area contributed by atoms with E-state index >= 15 is 0 Å². The molecule has 4 rings (SSSR count). The molecular weight excluding hydrogens is 421 g/mol. The Balaban J connectivity index is 1.34. The number of likely N-dealkylation sites (N-methyl/N-ethyl adjacent to an activating group) is 2. The largest absolute Gasteiger partial charge is 0.350 e. The SMILES string of the molecule is Cc1ccc(F)c2cc(C(=O)N[C@@H]3CCC[C@H](N4CCC(N(C)C(=O)CN(C)C)C4)C3)[nH]c12. The summed E-state index contributed by atoms with van der Waals surface area (Å²) in [5.74, 6) is -0.337. The Bertz CT molecular complexity index is 981. The van der Waals surface area contributed by atoms with E-state index in [1.165, 1.54) is 6.07 Å². The molecule has 1 saturated heterocycles. The Hall–Kier alpha value is -2.45. The van der Waals surface area contributed by atoms with Crippen LogP contribution in [-0.4, -0.2) is 90.4 Å². The zero-order valence-electron chi connectivity index (χ0n) is 20.2. The molecule has 8 heteroatoms. The van der Waals surface area contributed by atoms with Crippen LogP contribution in [0.4, 0.5) is 4.39 Å². The Morgan fingerprint density at radius 3 is 2.73 bits per heavy atom. The highest BCUT2D eigenvalue weighted by molar-refractivity contribution is 5.99. The van der Waals surface area contributed by atoms with Gasteiger partial charge in [-0.3, -0.25) is 14.5 Å². The first-order valence-electron chi connectivity index (χ1n) is 12.0. The molecular formula is C25H36FN5O2. The van der Waals surface area contributed by atoms with Crippen LogP contribution in [0.25, 0.3) is 10.9 Å². The van der Waals surface area contributed by atoms with Gasteiger partial charge in [0.15, 0.2) is 0 Å². The Kier molecular flexibility index (Phi) is 7.05. The summed E-state index contributed by atoms with van der Waals surface area (Å²) in [6.07, 6.45) is 5.02. The minimum absolute atomic E-state index is 0.0979. The number of likely N-dealkylation sites (tertiary alicyclic amines) is 1. The average molecular weight is 458 g/mol. The third-order valence-electron chi connectivity index (χ3n) is 7.28. The number of nitrogens with zero attached hydrogens (tertiary/aromatic N) is 3. The summed E-state index contributed by atoms with van der Waals surface area (Å²) in [5, 5.41) is 3.63. The standard InChI is InChI=1S/C25H36FN5O2/c1-16-8-9-21(26)20-13-22(28-24(16)20)25(33)27-17-6-5-7-18(12-17)31-11-10-19(14-31)30(4)23(32)15-29(2)3/h8-9,13,17-19,28H,5-7,10-12,14-15H2,1-4H3,(H,27,33)/t17-,18+,19?/m1/s1. The van der Waals surface area contributed by atoms with Crippen molar-refractivity contribution < 1.29 is 14.0 Å². The van der Waals surface area contributed by atoms with Crippen LogP contribution in [0.15, 0.2) is 18.2 Å². The van der Waals surface area contributed by atoms with E-state index in [2.05, 4.69) is 15.2 Å². The van der Waals surface area contributed by atoms with Crippen LogP contribution in [-0.2, 0) is 4.79 Å². The molecule has 1 aliphatic heterocycles. The third kappa shape index (κ3) is 5.22. The smallest absolute Gasteiger partial charge is 0.267 e. The van der Waals surface area contributed by atoms with Gasteiger partial charge in [-0.25, -0.2) is 4.39 Å². The monoisotopic (exact) mass is 457 g/mol. The molecule has 180 valence electrons. The molecule has 1 aliphatic carbocycles. The lowest BCUT2D eigenvalue weighted by atomic mass is 9.90. The maximum absolute atomic E-state index is 14.1. The topological polar surface area (TPSA) is 71.7 Å². The second kappa shape index (κ2) is 9.81. The highest BCUT2D eigenvalue weighted by atomic mass is 19.1. The molecule has 2 N–H and O–H groups in total. The number of aromatic amines is 1. The number of hydrogen-bond donors (Lipinski definition) is 2. The predicted molar refractivity (Wildman–Crippen MR) is 128 cm³/mol. The van der Waals surface area contributed by atoms with E-state index in [1.807, 2.05) is 37.9 Å². The van der Waals surface area contributed by atoms with E-state index in [0.29, 0.717) is 29.2 Å². The summed E-state index contributed by atoms with van der Waals surface area (Å²) < 4.78 is 14.1. The maximum atomic E-state index is 14.1. The number of hydrogen-bond acceptors (Lipinski definition) is 4. The molecule has 1 unspecified atom stereocenters. The van der Waals surface area contributed by atoms with Gasteiger partial charge >= 0.3 is 0 Å². The van der Waals surface area contributed by atoms with Crippen molar-refractivity contribution in [3.05, 3.63) is 35.3 Å². The molecule has 2 heterocycles. The molecule has 1 aromatic heterocycles. The number of carbonyl (C=O) groups excluding carboxylic acids is 2. The Morgan fingerprint density at radius 1 is 1.21 bits per heavy atom. The lowest BCUT2D eigenvalue weighted by Crippen LogP contribution is -2.47. The number of fused-ring (bicyclic) bond motifs is 1. The number of rotatable bonds is 6. The fraction of sp³-hybridized carbons (Fsp3) is 0.600. The summed E-state index contributed by atoms with van der Waals surface area (Å²) in [7, 11) is 5.74. The molecule has 2 fully saturated rings. The van der Waals surface area contributed by atoms with Crippen LogP contribution in [0.5, 0.6) is 0 Å². The highest BCUT2D eigenvalue weighted by Gasteiger charge is 2.35. The fourth-order valence-electron chi connectivity index (χ4n) is 5.34. The fourth-order valence-corrected chi connectivity index (χ4v) is 5.34. The highest BCUT2D eigenvalue weighted by Crippen LogP contribution is 2.28. The molecule has 7 nitrogen and oxygen atoms in total. The van der Waals surface area contributed by atoms with Crippen molar-refractivity contribution in [2.45, 2.75) is 57.2 Å². The Labute approximate surface area is 195 Å². The van der Waals surface area contributed by atoms with E-state index in [9.17, 15) is 14.0 Å². The minimum Gasteiger partial charge on any atom is -0.350 e. The number of nitrogens with one attached hydrogen (secondary N) is 2. The van der Waals surface area contributed by atoms with Gasteiger partial charge in [-0.2, -0.15) is 0 Å². The van der Waals surface area contributed by atoms with Gasteiger partial charge in [-0.1, -0.05) is 6.07 Å². The van der Waals surface area contributed by atoms with Crippen LogP contribution in [0.1, 0.15) is 48.2 Å². The number of aryl methyl sites for hydroxylation is 1. The summed E-state index contributed by atoms with van der Waals surface area (Å²) in [5.41, 5.74) is 2.00. The van der Waals surface area contributed by atoms with Gasteiger partial charge in [-0.15, -0.1) is 0 Å². The summed E-state index contributed by atoms with van der Waals surface area (Å²) in [6, 6.07) is 5.52. The normalized spacial score (nSPS) is 23.9. The van der Waals surface area contributed by atoms with Gasteiger partial charge in [0, 0.05) is 43.6 Å². The molecule has 0 bridgehead atoms. The average Bonchev–Trinajstić information content (AvgIpc) is 3.44. The van der Waals surface area contributed by atoms with Crippen LogP contribution in [0.2, 0.25) is 0 Å². The van der Waals surface area contributed by atoms with Crippen molar-refractivity contribution in [1.29, 1.82) is 0 Å². The molecule has 2 aliphatic rings. The van der Waals surface area contributed by atoms with Crippen molar-refractivity contribution in [3.63, 3.8) is 0 Å². The molecule has 1 saturated carbocycles. The molecule has 33 heavy (non-hydrogen) atoms. The van der Waals surface area contributed by atoms with Crippen LogP contribution in [0.3, 0.4) is 0 Å². The van der Waals surface area contributed by atoms with Crippen LogP contribution >= 0.6 is 0 Å². The van der Waals surface area contributed by atoms with Gasteiger partial charge < -0.3 is 20.1 Å². The summed E-state index contributed by atoms with van der Waals surface area (Å²) in [4.78, 5) is 34.7. The molecule has 2 amide bonds. The van der Waals surface area contributed by atoms with E-state index in [1.54, 1.807) is 12.1 Å². The molecule has 3 atom stereocenters. The predicted octanol–water partition coefficient (Wildman–Crippen LogP) is 2.75. The van der Waals surface area contributed by atoms with Crippen molar-refractivity contribution in [2.75, 3.05) is 40.8 Å². The van der Waals surface area contributed by atoms with E-state index in [0.717, 1.165) is 50.8 Å². The molecule has 1 aromatic carbocycles. The summed E-state index contributed by atoms with van der Waals surface area (Å²) >= 11 is 0. The van der Waals surface area contributed by atoms with Crippen LogP contribution < -0.4 is 5.32 Å². The maximum Gasteiger partial charge on any atom is 0.267 e. The Morgan fingerprint density at radius 2 is 2.00 bits per heavy atom. The minimum atomic E-state index is -0.318. The van der Waals surface area contributed by atoms with Crippen molar-refractivity contribution in [1.82, 2.24) is 25.0 Å². The molecule has 0 radical (unpaired) electrons. The number of halogens is 1. The number of H-pyrrole nitrogens is 1. The summed E-state index contributed by atoms with van der Waals surface area (Å²) in [6.45, 7) is 4.21. The van der Waals surface area contributed by atoms with Crippen molar-refractivity contribution in [2.24, 2.45) is 0 Å². The second-order valence-corrected chi connectivity index (χ2v) is 10.0. The van der Waals surface area contributed by atoms with Gasteiger partial charge in [-0.05, 0) is 70.8 Å². The number of amides is 2. The molecule has 2 aromatic rings. The lowest BCUT2D eigenvalue weighted by Gasteiger charge is -2.36. The molecule has 0 spiro atoms. The zero-order valence-corrected chi connectivity index (χ0v) is 20.2. The first-order valence-corrected chi connectivity index (χ1v) is 12.0. The van der Waals surface area contributed by atoms with Gasteiger partial charge in [0.25, 0.3) is 5.91 Å². The first kappa shape index (κ1) is 23.7. The quantitative estimate of drug-likeness (QED) is 0.700. The van der Waals surface area contributed by atoms with Gasteiger partial charge in [0.2, 0.25) is 5.91 Å². The van der Waals surface area contributed by atoms with E-state index < -0.39 is 0 Å². The van der Waals surface area contributed by atoms with Crippen molar-refractivity contribution in [3.8, 4) is 0 Å².